The van der Waals surface area contributed by atoms with Crippen molar-refractivity contribution >= 4 is 32.7 Å². The molecule has 0 spiro atoms. The van der Waals surface area contributed by atoms with Crippen LogP contribution in [-0.4, -0.2) is 51.8 Å². The summed E-state index contributed by atoms with van der Waals surface area (Å²) in [5, 5.41) is 5.74. The molecule has 2 aromatic carbocycles. The number of carbonyl (C=O) groups is 1. The van der Waals surface area contributed by atoms with Crippen LogP contribution < -0.4 is 4.90 Å². The zero-order chi connectivity index (χ0) is 22.9. The summed E-state index contributed by atoms with van der Waals surface area (Å²) < 4.78 is 3.07. The Hall–Kier alpha value is -3.19. The van der Waals surface area contributed by atoms with E-state index in [0.717, 1.165) is 64.9 Å². The lowest BCUT2D eigenvalue weighted by molar-refractivity contribution is 0.0767. The van der Waals surface area contributed by atoms with Crippen LogP contribution in [0.5, 0.6) is 0 Å². The highest BCUT2D eigenvalue weighted by Gasteiger charge is 2.23. The van der Waals surface area contributed by atoms with Gasteiger partial charge in [0.05, 0.1) is 16.1 Å². The molecule has 7 heteroatoms. The Bertz CT molecular complexity index is 1270. The van der Waals surface area contributed by atoms with Crippen LogP contribution in [0.4, 0.5) is 5.13 Å². The van der Waals surface area contributed by atoms with Gasteiger partial charge in [-0.05, 0) is 56.5 Å². The Morgan fingerprint density at radius 3 is 2.45 bits per heavy atom. The molecule has 1 saturated heterocycles. The van der Waals surface area contributed by atoms with Crippen molar-refractivity contribution in [3.05, 3.63) is 70.9 Å². The van der Waals surface area contributed by atoms with E-state index in [2.05, 4.69) is 55.1 Å². The second-order valence-corrected chi connectivity index (χ2v) is 9.64. The van der Waals surface area contributed by atoms with E-state index >= 15 is 0 Å². The van der Waals surface area contributed by atoms with Gasteiger partial charge in [0.2, 0.25) is 0 Å². The van der Waals surface area contributed by atoms with Gasteiger partial charge in [-0.1, -0.05) is 48.1 Å². The number of aryl methyl sites for hydroxylation is 3. The highest BCUT2D eigenvalue weighted by atomic mass is 32.1. The topological polar surface area (TPSA) is 54.3 Å². The zero-order valence-corrected chi connectivity index (χ0v) is 20.2. The third-order valence-electron chi connectivity index (χ3n) is 6.32. The molecule has 3 heterocycles. The van der Waals surface area contributed by atoms with E-state index in [-0.39, 0.29) is 5.91 Å². The first-order valence-corrected chi connectivity index (χ1v) is 12.4. The fourth-order valence-corrected chi connectivity index (χ4v) is 5.34. The standard InChI is InChI=1S/C26H29N5OS/c1-4-20-8-10-21(11-9-20)25(32)29-14-5-15-30(17-16-29)26-27-24-23(33-26)19(3)28-31(24)22-12-6-18(2)7-13-22/h6-13H,4-5,14-17H2,1-3H3. The van der Waals surface area contributed by atoms with Gasteiger partial charge in [-0.25, -0.2) is 4.68 Å². The summed E-state index contributed by atoms with van der Waals surface area (Å²) in [6.07, 6.45) is 1.91. The Morgan fingerprint density at radius 2 is 1.73 bits per heavy atom. The number of rotatable bonds is 4. The minimum atomic E-state index is 0.120. The van der Waals surface area contributed by atoms with Crippen LogP contribution in [0, 0.1) is 13.8 Å². The largest absolute Gasteiger partial charge is 0.346 e. The molecule has 0 saturated carbocycles. The molecule has 6 nitrogen and oxygen atoms in total. The van der Waals surface area contributed by atoms with E-state index in [4.69, 9.17) is 10.1 Å². The summed E-state index contributed by atoms with van der Waals surface area (Å²) in [5.41, 5.74) is 6.18. The van der Waals surface area contributed by atoms with Crippen LogP contribution in [0.25, 0.3) is 16.0 Å². The monoisotopic (exact) mass is 459 g/mol. The van der Waals surface area contributed by atoms with Crippen LogP contribution in [0.15, 0.2) is 48.5 Å². The van der Waals surface area contributed by atoms with E-state index < -0.39 is 0 Å². The number of hydrogen-bond donors (Lipinski definition) is 0. The molecular weight excluding hydrogens is 430 g/mol. The van der Waals surface area contributed by atoms with Gasteiger partial charge in [-0.2, -0.15) is 10.1 Å². The van der Waals surface area contributed by atoms with E-state index in [0.29, 0.717) is 6.54 Å². The first-order chi connectivity index (χ1) is 16.0. The van der Waals surface area contributed by atoms with Crippen LogP contribution >= 0.6 is 11.3 Å². The normalized spacial score (nSPS) is 14.6. The second-order valence-electron chi connectivity index (χ2n) is 8.67. The first-order valence-electron chi connectivity index (χ1n) is 11.6. The van der Waals surface area contributed by atoms with Crippen molar-refractivity contribution in [3.63, 3.8) is 0 Å². The molecule has 0 radical (unpaired) electrons. The first kappa shape index (κ1) is 21.6. The van der Waals surface area contributed by atoms with E-state index in [1.54, 1.807) is 11.3 Å². The molecule has 4 aromatic rings. The summed E-state index contributed by atoms with van der Waals surface area (Å²) in [6, 6.07) is 16.4. The van der Waals surface area contributed by atoms with Gasteiger partial charge in [0.15, 0.2) is 10.8 Å². The van der Waals surface area contributed by atoms with Crippen LogP contribution in [-0.2, 0) is 6.42 Å². The van der Waals surface area contributed by atoms with Crippen molar-refractivity contribution in [2.45, 2.75) is 33.6 Å². The van der Waals surface area contributed by atoms with Gasteiger partial charge in [-0.3, -0.25) is 4.79 Å². The summed E-state index contributed by atoms with van der Waals surface area (Å²) in [4.78, 5) is 22.3. The fraction of sp³-hybridized carbons (Fsp3) is 0.346. The third kappa shape index (κ3) is 4.25. The molecule has 170 valence electrons. The molecule has 0 unspecified atom stereocenters. The van der Waals surface area contributed by atoms with Crippen molar-refractivity contribution in [2.24, 2.45) is 0 Å². The highest BCUT2D eigenvalue weighted by Crippen LogP contribution is 2.33. The molecule has 1 amide bonds. The Morgan fingerprint density at radius 1 is 0.970 bits per heavy atom. The van der Waals surface area contributed by atoms with E-state index in [1.807, 2.05) is 28.6 Å². The molecule has 1 fully saturated rings. The smallest absolute Gasteiger partial charge is 0.253 e. The number of hydrogen-bond acceptors (Lipinski definition) is 5. The Kier molecular flexibility index (Phi) is 5.89. The van der Waals surface area contributed by atoms with Crippen LogP contribution in [0.2, 0.25) is 0 Å². The minimum absolute atomic E-state index is 0.120. The molecule has 0 aliphatic carbocycles. The maximum absolute atomic E-state index is 13.0. The van der Waals surface area contributed by atoms with Gasteiger partial charge < -0.3 is 9.80 Å². The minimum Gasteiger partial charge on any atom is -0.346 e. The number of benzene rings is 2. The Balaban J connectivity index is 1.35. The number of thiazole rings is 1. The average Bonchev–Trinajstić information content (AvgIpc) is 3.30. The van der Waals surface area contributed by atoms with E-state index in [9.17, 15) is 4.79 Å². The average molecular weight is 460 g/mol. The van der Waals surface area contributed by atoms with Crippen molar-refractivity contribution < 1.29 is 4.79 Å². The highest BCUT2D eigenvalue weighted by molar-refractivity contribution is 7.22. The predicted molar refractivity (Wildman–Crippen MR) is 135 cm³/mol. The maximum Gasteiger partial charge on any atom is 0.253 e. The lowest BCUT2D eigenvalue weighted by atomic mass is 10.1. The Labute approximate surface area is 198 Å². The molecule has 2 aromatic heterocycles. The van der Waals surface area contributed by atoms with Gasteiger partial charge in [0, 0.05) is 31.7 Å². The molecule has 0 bridgehead atoms. The molecule has 5 rings (SSSR count). The molecule has 33 heavy (non-hydrogen) atoms. The molecular formula is C26H29N5OS. The second kappa shape index (κ2) is 8.98. The molecule has 1 aliphatic heterocycles. The molecule has 1 aliphatic rings. The summed E-state index contributed by atoms with van der Waals surface area (Å²) in [7, 11) is 0. The van der Waals surface area contributed by atoms with E-state index in [1.165, 1.54) is 11.1 Å². The van der Waals surface area contributed by atoms with Crippen LogP contribution in [0.3, 0.4) is 0 Å². The number of anilines is 1. The number of aromatic nitrogens is 3. The fourth-order valence-electron chi connectivity index (χ4n) is 4.30. The predicted octanol–water partition coefficient (Wildman–Crippen LogP) is 5.01. The van der Waals surface area contributed by atoms with Crippen molar-refractivity contribution in [3.8, 4) is 5.69 Å². The summed E-state index contributed by atoms with van der Waals surface area (Å²) in [6.45, 7) is 9.41. The number of fused-ring (bicyclic) bond motifs is 1. The van der Waals surface area contributed by atoms with Crippen molar-refractivity contribution in [1.29, 1.82) is 0 Å². The van der Waals surface area contributed by atoms with Crippen molar-refractivity contribution in [1.82, 2.24) is 19.7 Å². The molecule has 0 N–H and O–H groups in total. The lowest BCUT2D eigenvalue weighted by Crippen LogP contribution is -2.35. The SMILES string of the molecule is CCc1ccc(C(=O)N2CCCN(c3nc4c(s3)c(C)nn4-c3ccc(C)cc3)CC2)cc1. The quantitative estimate of drug-likeness (QED) is 0.430. The number of amides is 1. The van der Waals surface area contributed by atoms with Gasteiger partial charge in [0.1, 0.15) is 0 Å². The lowest BCUT2D eigenvalue weighted by Gasteiger charge is -2.22. The maximum atomic E-state index is 13.0. The van der Waals surface area contributed by atoms with Crippen molar-refractivity contribution in [2.75, 3.05) is 31.1 Å². The number of nitrogens with zero attached hydrogens (tertiary/aromatic N) is 5. The number of carbonyl (C=O) groups excluding carboxylic acids is 1. The zero-order valence-electron chi connectivity index (χ0n) is 19.4. The molecule has 0 atom stereocenters. The van der Waals surface area contributed by atoms with Gasteiger partial charge >= 0.3 is 0 Å². The summed E-state index contributed by atoms with van der Waals surface area (Å²) >= 11 is 1.70. The van der Waals surface area contributed by atoms with Gasteiger partial charge in [0.25, 0.3) is 5.91 Å². The van der Waals surface area contributed by atoms with Crippen LogP contribution in [0.1, 0.15) is 40.5 Å². The third-order valence-corrected chi connectivity index (χ3v) is 7.53. The summed E-state index contributed by atoms with van der Waals surface area (Å²) in [5.74, 6) is 0.120. The van der Waals surface area contributed by atoms with Gasteiger partial charge in [-0.15, -0.1) is 0 Å².